The average molecular weight is 1580 g/mol. The molecule has 0 saturated heterocycles. The van der Waals surface area contributed by atoms with Crippen molar-refractivity contribution in [3.63, 3.8) is 0 Å². The van der Waals surface area contributed by atoms with Gasteiger partial charge in [0.1, 0.15) is 6.54 Å². The third-order valence-electron chi connectivity index (χ3n) is 11.3. The molecule has 0 amide bonds. The van der Waals surface area contributed by atoms with Crippen molar-refractivity contribution in [3.05, 3.63) is 92.9 Å². The van der Waals surface area contributed by atoms with Gasteiger partial charge in [0.2, 0.25) is 5.69 Å². The van der Waals surface area contributed by atoms with Gasteiger partial charge in [-0.05, 0) is 194 Å². The van der Waals surface area contributed by atoms with Gasteiger partial charge < -0.3 is 19.7 Å². The van der Waals surface area contributed by atoms with E-state index < -0.39 is 48.8 Å². The van der Waals surface area contributed by atoms with Crippen molar-refractivity contribution >= 4 is 185 Å². The van der Waals surface area contributed by atoms with Gasteiger partial charge in [0.15, 0.2) is 5.71 Å². The van der Waals surface area contributed by atoms with Crippen molar-refractivity contribution in [1.29, 1.82) is 0 Å². The van der Waals surface area contributed by atoms with Gasteiger partial charge in [-0.25, -0.2) is 8.42 Å². The zero-order chi connectivity index (χ0) is 46.9. The van der Waals surface area contributed by atoms with E-state index in [1.807, 2.05) is 36.5 Å². The number of carboxylic acids is 2. The molecule has 0 aromatic heterocycles. The molecule has 12 nitrogen and oxygen atoms in total. The first-order valence-electron chi connectivity index (χ1n) is 20.3. The van der Waals surface area contributed by atoms with Crippen LogP contribution in [0, 0.1) is 21.4 Å². The molecule has 2 atom stereocenters. The van der Waals surface area contributed by atoms with Crippen molar-refractivity contribution in [2.45, 2.75) is 102 Å². The molecule has 346 valence electrons. The van der Waals surface area contributed by atoms with Gasteiger partial charge in [-0.1, -0.05) is 56.1 Å². The predicted octanol–water partition coefficient (Wildman–Crippen LogP) is 11.3. The number of carbonyl (C=O) groups is 2. The Morgan fingerprint density at radius 2 is 1.24 bits per heavy atom. The monoisotopic (exact) mass is 1580 g/mol. The van der Waals surface area contributed by atoms with Crippen LogP contribution >= 0.6 is 136 Å². The Kier molecular flexibility index (Phi) is 21.6. The molecule has 0 spiro atoms. The van der Waals surface area contributed by atoms with Gasteiger partial charge in [-0.3, -0.25) is 14.1 Å². The van der Waals surface area contributed by atoms with E-state index in [1.54, 1.807) is 0 Å². The van der Waals surface area contributed by atoms with Gasteiger partial charge in [0, 0.05) is 87.5 Å². The minimum atomic E-state index is -4.42. The number of fused-ring (bicyclic) bond motifs is 2. The summed E-state index contributed by atoms with van der Waals surface area (Å²) in [5, 5.41) is 18.4. The summed E-state index contributed by atoms with van der Waals surface area (Å²) in [6.07, 6.45) is 20.0. The van der Waals surface area contributed by atoms with E-state index in [0.29, 0.717) is 25.9 Å². The maximum Gasteiger partial charge on any atom is 0.303 e. The van der Waals surface area contributed by atoms with Crippen LogP contribution in [0.2, 0.25) is 0 Å². The Hall–Kier alpha value is 0.0100. The molecule has 3 N–H and O–H groups in total. The van der Waals surface area contributed by atoms with Crippen LogP contribution in [0.4, 0.5) is 11.4 Å². The molecule has 4 rings (SSSR count). The molecule has 2 aliphatic rings. The highest BCUT2D eigenvalue weighted by molar-refractivity contribution is 14.1. The molecule has 0 aliphatic carbocycles. The summed E-state index contributed by atoms with van der Waals surface area (Å²) >= 11 is 14.1. The standard InChI is InChI=1S/C43H50I6N2O10S2/c1-42(20-12-6-10-18-34(52)53)32(50(22-14-24-62(56,57)58)30-26-28(44)38(46)40(48)36(30)42)16-8-4-3-5-9-17-33-43(2,21-13-7-11-19-35(54)55)37-31(27-29(45)39(47)41(37)49)51(33)23-15-25-63(59,60)61/h3-5,8-9,16-17,26-27H,6-7,10-15,18-25H2,1-2H3,(H3-,52,53,54,55,56,57,58,59,60,61). The number of aliphatic carboxylic acids is 2. The van der Waals surface area contributed by atoms with Crippen LogP contribution in [0.1, 0.15) is 102 Å². The molecule has 2 aromatic carbocycles. The number of allylic oxidation sites excluding steroid dienone is 8. The Bertz CT molecular complexity index is 2450. The second-order valence-corrected chi connectivity index (χ2v) is 25.7. The second-order valence-electron chi connectivity index (χ2n) is 16.0. The van der Waals surface area contributed by atoms with Crippen molar-refractivity contribution in [2.75, 3.05) is 29.5 Å². The number of anilines is 1. The average Bonchev–Trinajstić information content (AvgIpc) is 3.53. The summed E-state index contributed by atoms with van der Waals surface area (Å²) in [7, 11) is -8.59. The smallest absolute Gasteiger partial charge is 0.303 e. The van der Waals surface area contributed by atoms with Crippen LogP contribution in [0.25, 0.3) is 0 Å². The van der Waals surface area contributed by atoms with Crippen LogP contribution in [0.5, 0.6) is 0 Å². The number of hydrogen-bond acceptors (Lipinski definition) is 8. The van der Waals surface area contributed by atoms with Gasteiger partial charge in [0.05, 0.1) is 26.8 Å². The van der Waals surface area contributed by atoms with Crippen molar-refractivity contribution in [1.82, 2.24) is 0 Å². The molecule has 2 aromatic rings. The molecule has 0 saturated carbocycles. The highest BCUT2D eigenvalue weighted by Gasteiger charge is 2.49. The largest absolute Gasteiger partial charge is 0.748 e. The van der Waals surface area contributed by atoms with Crippen molar-refractivity contribution < 1.29 is 50.3 Å². The number of rotatable bonds is 24. The van der Waals surface area contributed by atoms with E-state index in [0.717, 1.165) is 93.9 Å². The van der Waals surface area contributed by atoms with Gasteiger partial charge >= 0.3 is 11.9 Å². The highest BCUT2D eigenvalue weighted by Crippen LogP contribution is 2.54. The molecule has 20 heteroatoms. The first-order valence-corrected chi connectivity index (χ1v) is 29.9. The predicted molar refractivity (Wildman–Crippen MR) is 298 cm³/mol. The van der Waals surface area contributed by atoms with E-state index >= 15 is 0 Å². The molecule has 2 unspecified atom stereocenters. The lowest BCUT2D eigenvalue weighted by molar-refractivity contribution is -0.437. The highest BCUT2D eigenvalue weighted by atomic mass is 127. The lowest BCUT2D eigenvalue weighted by Gasteiger charge is -2.31. The Morgan fingerprint density at radius 1 is 0.698 bits per heavy atom. The first kappa shape index (κ1) is 55.6. The van der Waals surface area contributed by atoms with Gasteiger partial charge in [0.25, 0.3) is 10.1 Å². The van der Waals surface area contributed by atoms with Crippen LogP contribution in [-0.4, -0.2) is 83.0 Å². The molecular weight excluding hydrogens is 1530 g/mol. The third-order valence-corrected chi connectivity index (χ3v) is 23.1. The molecular formula is C43H50I6N2O10S2. The topological polar surface area (TPSA) is 192 Å². The first-order chi connectivity index (χ1) is 29.4. The Balaban J connectivity index is 1.73. The lowest BCUT2D eigenvalue weighted by Crippen LogP contribution is -2.32. The zero-order valence-electron chi connectivity index (χ0n) is 34.7. The summed E-state index contributed by atoms with van der Waals surface area (Å²) < 4.78 is 76.8. The molecule has 0 radical (unpaired) electrons. The number of benzene rings is 2. The molecule has 63 heavy (non-hydrogen) atoms. The quantitative estimate of drug-likeness (QED) is 0.0226. The van der Waals surface area contributed by atoms with Gasteiger partial charge in [-0.15, -0.1) is 0 Å². The zero-order valence-corrected chi connectivity index (χ0v) is 49.3. The van der Waals surface area contributed by atoms with Crippen molar-refractivity contribution in [2.24, 2.45) is 0 Å². The van der Waals surface area contributed by atoms with Crippen LogP contribution in [-0.2, 0) is 40.7 Å². The minimum absolute atomic E-state index is 0.104. The van der Waals surface area contributed by atoms with Crippen LogP contribution in [0.3, 0.4) is 0 Å². The third kappa shape index (κ3) is 15.0. The Morgan fingerprint density at radius 3 is 1.81 bits per heavy atom. The maximum atomic E-state index is 11.8. The number of unbranched alkanes of at least 4 members (excludes halogenated alkanes) is 4. The van der Waals surface area contributed by atoms with Crippen molar-refractivity contribution in [3.8, 4) is 0 Å². The number of hydrogen-bond donors (Lipinski definition) is 3. The normalized spacial score (nSPS) is 19.7. The van der Waals surface area contributed by atoms with E-state index in [4.69, 9.17) is 0 Å². The maximum absolute atomic E-state index is 11.8. The lowest BCUT2D eigenvalue weighted by atomic mass is 9.75. The Labute approximate surface area is 453 Å². The fourth-order valence-corrected chi connectivity index (χ4v) is 14.8. The van der Waals surface area contributed by atoms with Crippen LogP contribution < -0.4 is 4.90 Å². The minimum Gasteiger partial charge on any atom is -0.748 e. The summed E-state index contributed by atoms with van der Waals surface area (Å²) in [4.78, 5) is 24.6. The second kappa shape index (κ2) is 24.5. The number of nitrogens with zero attached hydrogens (tertiary/aromatic N) is 2. The summed E-state index contributed by atoms with van der Waals surface area (Å²) in [6, 6.07) is 4.24. The number of carboxylic acid groups (broad SMARTS) is 2. The van der Waals surface area contributed by atoms with E-state index in [1.165, 1.54) is 0 Å². The van der Waals surface area contributed by atoms with E-state index in [2.05, 4.69) is 177 Å². The summed E-state index contributed by atoms with van der Waals surface area (Å²) in [6.45, 7) is 5.06. The molecule has 0 bridgehead atoms. The summed E-state index contributed by atoms with van der Waals surface area (Å²) in [5.41, 5.74) is 5.23. The SMILES string of the molecule is CC1(CCCCCC(=O)O)C(=CC=CC=CC=CC2=[N+](CCCS(=O)(=O)[O-])c3cc(I)c(I)c(I)c3C2(C)CCCCCC(=O)O)N(CCCS(=O)(=O)O)c2cc(I)c(I)c(I)c21. The summed E-state index contributed by atoms with van der Waals surface area (Å²) in [5.74, 6) is -2.49. The van der Waals surface area contributed by atoms with E-state index in [-0.39, 0.29) is 31.4 Å². The molecule has 2 aliphatic heterocycles. The molecule has 2 heterocycles. The molecule has 0 fully saturated rings. The fraction of sp³-hybridized carbons (Fsp3) is 0.465. The number of halogens is 6. The van der Waals surface area contributed by atoms with Gasteiger partial charge in [-0.2, -0.15) is 13.0 Å². The fourth-order valence-electron chi connectivity index (χ4n) is 8.44. The van der Waals surface area contributed by atoms with E-state index in [9.17, 15) is 45.7 Å². The van der Waals surface area contributed by atoms with Crippen LogP contribution in [0.15, 0.2) is 60.4 Å².